The molecule has 2 aromatic rings. The van der Waals surface area contributed by atoms with Crippen LogP contribution in [0.1, 0.15) is 5.56 Å². The lowest BCUT2D eigenvalue weighted by Crippen LogP contribution is -2.13. The Kier molecular flexibility index (Phi) is 5.80. The lowest BCUT2D eigenvalue weighted by atomic mass is 10.2. The minimum atomic E-state index is -0.430. The number of carbonyl (C=O) groups is 1. The number of amides is 1. The van der Waals surface area contributed by atoms with Gasteiger partial charge in [0.1, 0.15) is 0 Å². The van der Waals surface area contributed by atoms with Gasteiger partial charge in [-0.3, -0.25) is 4.79 Å². The topological polar surface area (TPSA) is 128 Å². The zero-order valence-electron chi connectivity index (χ0n) is 12.6. The molecule has 0 saturated carbocycles. The average Bonchev–Trinajstić information content (AvgIpc) is 3.00. The minimum absolute atomic E-state index is 0.117. The molecule has 0 bridgehead atoms. The lowest BCUT2D eigenvalue weighted by Gasteiger charge is -2.07. The highest BCUT2D eigenvalue weighted by atomic mass is 32.2. The highest BCUT2D eigenvalue weighted by Gasteiger charge is 2.05. The number of nitrogens with zero attached hydrogens (tertiary/aromatic N) is 3. The monoisotopic (exact) mass is 336 g/mol. The van der Waals surface area contributed by atoms with E-state index in [1.54, 1.807) is 32.6 Å². The maximum absolute atomic E-state index is 10.7. The van der Waals surface area contributed by atoms with Crippen molar-refractivity contribution in [3.8, 4) is 11.5 Å². The molecule has 0 saturated heterocycles. The summed E-state index contributed by atoms with van der Waals surface area (Å²) in [6.07, 6.45) is 1.60. The predicted molar refractivity (Wildman–Crippen MR) is 87.1 cm³/mol. The van der Waals surface area contributed by atoms with Crippen LogP contribution in [0, 0.1) is 0 Å². The second kappa shape index (κ2) is 8.03. The van der Waals surface area contributed by atoms with E-state index in [2.05, 4.69) is 25.7 Å². The van der Waals surface area contributed by atoms with Crippen LogP contribution in [0.25, 0.3) is 0 Å². The van der Waals surface area contributed by atoms with Crippen LogP contribution in [0.2, 0.25) is 0 Å². The Bertz CT molecular complexity index is 703. The van der Waals surface area contributed by atoms with Crippen LogP contribution in [-0.4, -0.2) is 47.3 Å². The van der Waals surface area contributed by atoms with Crippen molar-refractivity contribution in [1.29, 1.82) is 0 Å². The summed E-state index contributed by atoms with van der Waals surface area (Å²) in [6, 6.07) is 5.41. The third-order valence-electron chi connectivity index (χ3n) is 2.60. The van der Waals surface area contributed by atoms with Gasteiger partial charge in [-0.25, -0.2) is 10.5 Å². The molecule has 122 valence electrons. The van der Waals surface area contributed by atoms with Gasteiger partial charge in [-0.05, 0) is 23.8 Å². The molecule has 0 aliphatic rings. The SMILES string of the molecule is COc1ccc(/C=N/Nc2nc(SCC(N)=O)n[nH]2)cc1OC. The summed E-state index contributed by atoms with van der Waals surface area (Å²) in [5.41, 5.74) is 8.58. The Morgan fingerprint density at radius 3 is 2.91 bits per heavy atom. The smallest absolute Gasteiger partial charge is 0.240 e. The molecular weight excluding hydrogens is 320 g/mol. The molecule has 4 N–H and O–H groups in total. The summed E-state index contributed by atoms with van der Waals surface area (Å²) in [5.74, 6) is 1.30. The van der Waals surface area contributed by atoms with E-state index in [0.717, 1.165) is 17.3 Å². The Balaban J connectivity index is 1.95. The van der Waals surface area contributed by atoms with E-state index in [0.29, 0.717) is 22.6 Å². The van der Waals surface area contributed by atoms with Crippen molar-refractivity contribution in [3.05, 3.63) is 23.8 Å². The molecule has 10 heteroatoms. The second-order valence-corrected chi connectivity index (χ2v) is 5.15. The molecule has 9 nitrogen and oxygen atoms in total. The Labute approximate surface area is 136 Å². The number of carbonyl (C=O) groups excluding carboxylic acids is 1. The van der Waals surface area contributed by atoms with Crippen LogP contribution in [0.15, 0.2) is 28.5 Å². The molecule has 23 heavy (non-hydrogen) atoms. The van der Waals surface area contributed by atoms with Gasteiger partial charge in [0.2, 0.25) is 17.0 Å². The Morgan fingerprint density at radius 1 is 1.43 bits per heavy atom. The van der Waals surface area contributed by atoms with Gasteiger partial charge >= 0.3 is 0 Å². The standard InChI is InChI=1S/C13H16N6O3S/c1-21-9-4-3-8(5-10(9)22-2)6-15-17-12-16-13(19-18-12)23-7-11(14)20/h3-6H,7H2,1-2H3,(H2,14,20)(H2,16,17,18,19)/b15-6+. The maximum Gasteiger partial charge on any atom is 0.240 e. The quantitative estimate of drug-likeness (QED) is 0.370. The first-order valence-corrected chi connectivity index (χ1v) is 7.45. The molecule has 0 unspecified atom stereocenters. The average molecular weight is 336 g/mol. The van der Waals surface area contributed by atoms with Crippen molar-refractivity contribution >= 4 is 29.8 Å². The van der Waals surface area contributed by atoms with Gasteiger partial charge in [0.05, 0.1) is 26.2 Å². The number of benzene rings is 1. The third kappa shape index (κ3) is 4.88. The van der Waals surface area contributed by atoms with Crippen LogP contribution < -0.4 is 20.6 Å². The molecule has 1 heterocycles. The van der Waals surface area contributed by atoms with Crippen LogP contribution in [0.5, 0.6) is 11.5 Å². The van der Waals surface area contributed by atoms with Gasteiger partial charge in [-0.2, -0.15) is 10.1 Å². The van der Waals surface area contributed by atoms with E-state index in [1.165, 1.54) is 0 Å². The molecular formula is C13H16N6O3S. The fourth-order valence-electron chi connectivity index (χ4n) is 1.60. The Hall–Kier alpha value is -2.75. The van der Waals surface area contributed by atoms with Crippen LogP contribution in [0.4, 0.5) is 5.95 Å². The van der Waals surface area contributed by atoms with Crippen molar-refractivity contribution in [2.45, 2.75) is 5.16 Å². The number of aromatic nitrogens is 3. The number of rotatable bonds is 8. The number of hydrazone groups is 1. The first-order valence-electron chi connectivity index (χ1n) is 6.47. The van der Waals surface area contributed by atoms with Crippen molar-refractivity contribution < 1.29 is 14.3 Å². The largest absolute Gasteiger partial charge is 0.493 e. The molecule has 1 amide bonds. The number of thioether (sulfide) groups is 1. The third-order valence-corrected chi connectivity index (χ3v) is 3.47. The van der Waals surface area contributed by atoms with E-state index >= 15 is 0 Å². The molecule has 0 spiro atoms. The normalized spacial score (nSPS) is 10.7. The number of nitrogens with two attached hydrogens (primary N) is 1. The summed E-state index contributed by atoms with van der Waals surface area (Å²) in [7, 11) is 3.14. The highest BCUT2D eigenvalue weighted by molar-refractivity contribution is 7.99. The van der Waals surface area contributed by atoms with Crippen LogP contribution >= 0.6 is 11.8 Å². The molecule has 0 aliphatic carbocycles. The maximum atomic E-state index is 10.7. The van der Waals surface area contributed by atoms with Crippen molar-refractivity contribution in [2.24, 2.45) is 10.8 Å². The number of aromatic amines is 1. The number of ether oxygens (including phenoxy) is 2. The van der Waals surface area contributed by atoms with Gasteiger partial charge in [-0.1, -0.05) is 11.8 Å². The molecule has 1 aromatic carbocycles. The zero-order valence-corrected chi connectivity index (χ0v) is 13.4. The summed E-state index contributed by atoms with van der Waals surface area (Å²) < 4.78 is 10.4. The molecule has 1 aromatic heterocycles. The van der Waals surface area contributed by atoms with Gasteiger partial charge in [0.25, 0.3) is 0 Å². The fraction of sp³-hybridized carbons (Fsp3) is 0.231. The predicted octanol–water partition coefficient (Wildman–Crippen LogP) is 0.845. The van der Waals surface area contributed by atoms with E-state index in [4.69, 9.17) is 15.2 Å². The number of nitrogens with one attached hydrogen (secondary N) is 2. The Morgan fingerprint density at radius 2 is 2.22 bits per heavy atom. The summed E-state index contributed by atoms with van der Waals surface area (Å²) in [6.45, 7) is 0. The molecule has 0 fully saturated rings. The van der Waals surface area contributed by atoms with E-state index in [1.807, 2.05) is 6.07 Å². The first-order chi connectivity index (χ1) is 11.1. The van der Waals surface area contributed by atoms with Gasteiger partial charge in [0.15, 0.2) is 11.5 Å². The number of hydrogen-bond acceptors (Lipinski definition) is 8. The first kappa shape index (κ1) is 16.6. The molecule has 0 aliphatic heterocycles. The molecule has 0 radical (unpaired) electrons. The van der Waals surface area contributed by atoms with Crippen molar-refractivity contribution in [2.75, 3.05) is 25.4 Å². The van der Waals surface area contributed by atoms with Gasteiger partial charge in [0, 0.05) is 0 Å². The van der Waals surface area contributed by atoms with Gasteiger partial charge < -0.3 is 15.2 Å². The number of primary amides is 1. The number of methoxy groups -OCH3 is 2. The van der Waals surface area contributed by atoms with Crippen LogP contribution in [-0.2, 0) is 4.79 Å². The van der Waals surface area contributed by atoms with E-state index < -0.39 is 5.91 Å². The van der Waals surface area contributed by atoms with Crippen molar-refractivity contribution in [1.82, 2.24) is 15.2 Å². The fourth-order valence-corrected chi connectivity index (χ4v) is 2.14. The summed E-state index contributed by atoms with van der Waals surface area (Å²) in [5, 5.41) is 11.0. The minimum Gasteiger partial charge on any atom is -0.493 e. The van der Waals surface area contributed by atoms with Crippen LogP contribution in [0.3, 0.4) is 0 Å². The molecule has 0 atom stereocenters. The van der Waals surface area contributed by atoms with Crippen molar-refractivity contribution in [3.63, 3.8) is 0 Å². The summed E-state index contributed by atoms with van der Waals surface area (Å²) in [4.78, 5) is 14.8. The van der Waals surface area contributed by atoms with E-state index in [-0.39, 0.29) is 5.75 Å². The number of hydrogen-bond donors (Lipinski definition) is 3. The number of H-pyrrole nitrogens is 1. The second-order valence-electron chi connectivity index (χ2n) is 4.21. The van der Waals surface area contributed by atoms with Gasteiger partial charge in [-0.15, -0.1) is 5.10 Å². The lowest BCUT2D eigenvalue weighted by molar-refractivity contribution is -0.115. The number of anilines is 1. The highest BCUT2D eigenvalue weighted by Crippen LogP contribution is 2.26. The summed E-state index contributed by atoms with van der Waals surface area (Å²) >= 11 is 1.14. The zero-order chi connectivity index (χ0) is 16.7. The molecule has 2 rings (SSSR count). The van der Waals surface area contributed by atoms with E-state index in [9.17, 15) is 4.79 Å².